The van der Waals surface area contributed by atoms with Crippen LogP contribution in [0.25, 0.3) is 0 Å². The molecule has 3 nitrogen and oxygen atoms in total. The first kappa shape index (κ1) is 11.0. The van der Waals surface area contributed by atoms with Crippen molar-refractivity contribution in [3.63, 3.8) is 0 Å². The predicted octanol–water partition coefficient (Wildman–Crippen LogP) is 1.66. The smallest absolute Gasteiger partial charge is 0.0980 e. The Kier molecular flexibility index (Phi) is 2.61. The van der Waals surface area contributed by atoms with Gasteiger partial charge in [0.25, 0.3) is 0 Å². The molecule has 4 heteroatoms. The van der Waals surface area contributed by atoms with E-state index in [1.165, 1.54) is 9.88 Å². The van der Waals surface area contributed by atoms with Gasteiger partial charge in [0, 0.05) is 29.6 Å². The van der Waals surface area contributed by atoms with Gasteiger partial charge in [0.2, 0.25) is 0 Å². The number of nitrogens with two attached hydrogens (primary N) is 1. The molecule has 2 atom stereocenters. The van der Waals surface area contributed by atoms with Crippen molar-refractivity contribution in [1.29, 1.82) is 0 Å². The Morgan fingerprint density at radius 1 is 1.53 bits per heavy atom. The summed E-state index contributed by atoms with van der Waals surface area (Å²) in [6, 6.07) is 0.288. The van der Waals surface area contributed by atoms with E-state index in [0.717, 1.165) is 6.54 Å². The van der Waals surface area contributed by atoms with Gasteiger partial charge in [-0.2, -0.15) is 0 Å². The summed E-state index contributed by atoms with van der Waals surface area (Å²) in [5.41, 5.74) is 6.29. The van der Waals surface area contributed by atoms with Gasteiger partial charge in [-0.25, -0.2) is 4.98 Å². The van der Waals surface area contributed by atoms with Crippen LogP contribution in [0.4, 0.5) is 0 Å². The molecule has 1 aromatic rings. The lowest BCUT2D eigenvalue weighted by molar-refractivity contribution is 0.406. The molecular formula is C11H19N3S. The molecule has 0 spiro atoms. The Balaban J connectivity index is 2.09. The third-order valence-electron chi connectivity index (χ3n) is 3.22. The second-order valence-corrected chi connectivity index (χ2v) is 6.37. The van der Waals surface area contributed by atoms with Gasteiger partial charge in [0.15, 0.2) is 0 Å². The molecule has 2 rings (SSSR count). The third kappa shape index (κ3) is 1.94. The Labute approximate surface area is 95.3 Å². The van der Waals surface area contributed by atoms with Crippen molar-refractivity contribution in [2.45, 2.75) is 32.4 Å². The quantitative estimate of drug-likeness (QED) is 0.850. The van der Waals surface area contributed by atoms with Gasteiger partial charge in [-0.05, 0) is 19.5 Å². The zero-order valence-electron chi connectivity index (χ0n) is 9.82. The highest BCUT2D eigenvalue weighted by Gasteiger charge is 2.57. The molecule has 0 aliphatic heterocycles. The van der Waals surface area contributed by atoms with E-state index in [0.29, 0.717) is 5.92 Å². The molecule has 1 saturated carbocycles. The summed E-state index contributed by atoms with van der Waals surface area (Å²) in [7, 11) is 4.15. The number of thiazole rings is 1. The minimum atomic E-state index is 0.243. The molecule has 1 fully saturated rings. The minimum absolute atomic E-state index is 0.243. The van der Waals surface area contributed by atoms with Crippen LogP contribution in [0.15, 0.2) is 6.20 Å². The summed E-state index contributed by atoms with van der Waals surface area (Å²) < 4.78 is 0. The molecule has 0 bridgehead atoms. The number of nitrogens with zero attached hydrogens (tertiary/aromatic N) is 2. The first-order chi connectivity index (χ1) is 6.93. The standard InChI is InChI=1S/C11H19N3S/c1-11(2)8(9(11)12)10-13-5-7(15-10)6-14(3)4/h5,8-9H,6,12H2,1-4H3/t8-,9+/m1/s1. The fourth-order valence-corrected chi connectivity index (χ4v) is 3.38. The van der Waals surface area contributed by atoms with Crippen LogP contribution in [0, 0.1) is 5.41 Å². The Bertz CT molecular complexity index is 356. The molecule has 15 heavy (non-hydrogen) atoms. The summed E-state index contributed by atoms with van der Waals surface area (Å²) in [6.07, 6.45) is 1.99. The molecule has 1 aliphatic carbocycles. The van der Waals surface area contributed by atoms with E-state index < -0.39 is 0 Å². The van der Waals surface area contributed by atoms with E-state index in [4.69, 9.17) is 5.73 Å². The van der Waals surface area contributed by atoms with Gasteiger partial charge in [0.05, 0.1) is 5.01 Å². The van der Waals surface area contributed by atoms with Crippen LogP contribution in [0.1, 0.15) is 29.7 Å². The first-order valence-corrected chi connectivity index (χ1v) is 6.09. The van der Waals surface area contributed by atoms with Crippen molar-refractivity contribution in [1.82, 2.24) is 9.88 Å². The van der Waals surface area contributed by atoms with Gasteiger partial charge in [-0.1, -0.05) is 13.8 Å². The number of aromatic nitrogens is 1. The third-order valence-corrected chi connectivity index (χ3v) is 4.29. The topological polar surface area (TPSA) is 42.2 Å². The van der Waals surface area contributed by atoms with E-state index in [2.05, 4.69) is 37.8 Å². The van der Waals surface area contributed by atoms with E-state index in [-0.39, 0.29) is 11.5 Å². The van der Waals surface area contributed by atoms with Crippen LogP contribution < -0.4 is 5.73 Å². The maximum absolute atomic E-state index is 6.04. The van der Waals surface area contributed by atoms with Crippen molar-refractivity contribution in [3.8, 4) is 0 Å². The normalized spacial score (nSPS) is 28.4. The second-order valence-electron chi connectivity index (χ2n) is 5.23. The lowest BCUT2D eigenvalue weighted by Gasteiger charge is -2.05. The largest absolute Gasteiger partial charge is 0.327 e. The summed E-state index contributed by atoms with van der Waals surface area (Å²) in [5.74, 6) is 0.471. The molecule has 0 unspecified atom stereocenters. The van der Waals surface area contributed by atoms with E-state index in [1.807, 2.05) is 6.20 Å². The first-order valence-electron chi connectivity index (χ1n) is 5.28. The molecular weight excluding hydrogens is 206 g/mol. The maximum atomic E-state index is 6.04. The minimum Gasteiger partial charge on any atom is -0.327 e. The van der Waals surface area contributed by atoms with Crippen molar-refractivity contribution in [3.05, 3.63) is 16.1 Å². The van der Waals surface area contributed by atoms with E-state index >= 15 is 0 Å². The summed E-state index contributed by atoms with van der Waals surface area (Å²) in [6.45, 7) is 5.41. The SMILES string of the molecule is CN(C)Cc1cnc([C@H]2[C@H](N)C2(C)C)s1. The molecule has 1 heterocycles. The predicted molar refractivity (Wildman–Crippen MR) is 64.0 cm³/mol. The van der Waals surface area contributed by atoms with Crippen LogP contribution in [0.5, 0.6) is 0 Å². The van der Waals surface area contributed by atoms with Crippen molar-refractivity contribution in [2.75, 3.05) is 14.1 Å². The Hall–Kier alpha value is -0.450. The van der Waals surface area contributed by atoms with Crippen LogP contribution in [0.2, 0.25) is 0 Å². The summed E-state index contributed by atoms with van der Waals surface area (Å²) >= 11 is 1.81. The maximum Gasteiger partial charge on any atom is 0.0980 e. The van der Waals surface area contributed by atoms with E-state index in [9.17, 15) is 0 Å². The van der Waals surface area contributed by atoms with Crippen molar-refractivity contribution < 1.29 is 0 Å². The average Bonchev–Trinajstić information content (AvgIpc) is 2.46. The highest BCUT2D eigenvalue weighted by atomic mass is 32.1. The van der Waals surface area contributed by atoms with Crippen LogP contribution in [-0.4, -0.2) is 30.0 Å². The summed E-state index contributed by atoms with van der Waals surface area (Å²) in [4.78, 5) is 7.98. The highest BCUT2D eigenvalue weighted by Crippen LogP contribution is 2.57. The number of rotatable bonds is 3. The molecule has 0 saturated heterocycles. The molecule has 0 aromatic carbocycles. The number of hydrogen-bond acceptors (Lipinski definition) is 4. The Morgan fingerprint density at radius 2 is 2.13 bits per heavy atom. The molecule has 0 amide bonds. The molecule has 0 radical (unpaired) electrons. The van der Waals surface area contributed by atoms with E-state index in [1.54, 1.807) is 11.3 Å². The monoisotopic (exact) mass is 225 g/mol. The molecule has 1 aliphatic rings. The van der Waals surface area contributed by atoms with Crippen molar-refractivity contribution >= 4 is 11.3 Å². The van der Waals surface area contributed by atoms with Crippen LogP contribution in [-0.2, 0) is 6.54 Å². The lowest BCUT2D eigenvalue weighted by Crippen LogP contribution is -2.09. The van der Waals surface area contributed by atoms with Crippen LogP contribution >= 0.6 is 11.3 Å². The molecule has 1 aromatic heterocycles. The fraction of sp³-hybridized carbons (Fsp3) is 0.727. The fourth-order valence-electron chi connectivity index (χ4n) is 2.00. The highest BCUT2D eigenvalue weighted by molar-refractivity contribution is 7.11. The van der Waals surface area contributed by atoms with Gasteiger partial charge < -0.3 is 10.6 Å². The zero-order valence-corrected chi connectivity index (χ0v) is 10.6. The summed E-state index contributed by atoms with van der Waals surface area (Å²) in [5, 5.41) is 1.21. The van der Waals surface area contributed by atoms with Crippen LogP contribution in [0.3, 0.4) is 0 Å². The van der Waals surface area contributed by atoms with Gasteiger partial charge in [0.1, 0.15) is 0 Å². The molecule has 2 N–H and O–H groups in total. The lowest BCUT2D eigenvalue weighted by atomic mass is 10.1. The van der Waals surface area contributed by atoms with Crippen molar-refractivity contribution in [2.24, 2.45) is 11.1 Å². The second kappa shape index (κ2) is 3.54. The average molecular weight is 225 g/mol. The number of hydrogen-bond donors (Lipinski definition) is 1. The Morgan fingerprint density at radius 3 is 2.60 bits per heavy atom. The van der Waals surface area contributed by atoms with Gasteiger partial charge in [-0.3, -0.25) is 0 Å². The molecule has 84 valence electrons. The zero-order chi connectivity index (χ0) is 11.2. The van der Waals surface area contributed by atoms with Gasteiger partial charge in [-0.15, -0.1) is 11.3 Å². The van der Waals surface area contributed by atoms with Gasteiger partial charge >= 0.3 is 0 Å².